The van der Waals surface area contributed by atoms with E-state index in [1.165, 1.54) is 7.11 Å². The quantitative estimate of drug-likeness (QED) is 0.740. The number of aryl methyl sites for hydroxylation is 1. The fourth-order valence-corrected chi connectivity index (χ4v) is 1.27. The van der Waals surface area contributed by atoms with Gasteiger partial charge in [-0.15, -0.1) is 0 Å². The second-order valence-corrected chi connectivity index (χ2v) is 3.03. The molecule has 3 nitrogen and oxygen atoms in total. The highest BCUT2D eigenvalue weighted by Crippen LogP contribution is 2.17. The fraction of sp³-hybridized carbons (Fsp3) is 0.222. The minimum atomic E-state index is -0.340. The Labute approximate surface area is 81.6 Å². The number of nitrogens with one attached hydrogen (secondary N) is 1. The molecule has 0 saturated heterocycles. The summed E-state index contributed by atoms with van der Waals surface area (Å²) in [5.41, 5.74) is 3.62. The molecule has 0 fully saturated rings. The van der Waals surface area contributed by atoms with Crippen molar-refractivity contribution in [1.82, 2.24) is 5.48 Å². The number of hydrogen-bond acceptors (Lipinski definition) is 2. The van der Waals surface area contributed by atoms with Gasteiger partial charge >= 0.3 is 0 Å². The summed E-state index contributed by atoms with van der Waals surface area (Å²) in [5.74, 6) is -0.340. The minimum Gasteiger partial charge on any atom is -0.277 e. The normalized spacial score (nSPS) is 9.77. The van der Waals surface area contributed by atoms with Gasteiger partial charge in [0.15, 0.2) is 0 Å². The van der Waals surface area contributed by atoms with E-state index in [-0.39, 0.29) is 5.91 Å². The van der Waals surface area contributed by atoms with Gasteiger partial charge in [0.05, 0.1) is 17.7 Å². The third kappa shape index (κ3) is 2.44. The van der Waals surface area contributed by atoms with Gasteiger partial charge in [0.2, 0.25) is 0 Å². The average Bonchev–Trinajstić information content (AvgIpc) is 2.04. The van der Waals surface area contributed by atoms with Gasteiger partial charge < -0.3 is 0 Å². The SMILES string of the molecule is CONC(=O)c1ccc(C)cc1Cl. The molecular formula is C9H10ClNO2. The Hall–Kier alpha value is -1.06. The summed E-state index contributed by atoms with van der Waals surface area (Å²) >= 11 is 5.84. The number of benzene rings is 1. The summed E-state index contributed by atoms with van der Waals surface area (Å²) in [6.07, 6.45) is 0. The molecule has 0 unspecified atom stereocenters. The number of amides is 1. The van der Waals surface area contributed by atoms with Crippen molar-refractivity contribution in [2.45, 2.75) is 6.92 Å². The Morgan fingerprint density at radius 3 is 2.77 bits per heavy atom. The molecule has 1 amide bonds. The van der Waals surface area contributed by atoms with Crippen LogP contribution in [0.4, 0.5) is 0 Å². The Bertz CT molecular complexity index is 325. The first kappa shape index (κ1) is 10.0. The van der Waals surface area contributed by atoms with Crippen LogP contribution in [0.25, 0.3) is 0 Å². The Kier molecular flexibility index (Phi) is 3.28. The van der Waals surface area contributed by atoms with Crippen molar-refractivity contribution in [3.63, 3.8) is 0 Å². The maximum absolute atomic E-state index is 11.3. The molecule has 1 N–H and O–H groups in total. The van der Waals surface area contributed by atoms with Crippen molar-refractivity contribution in [2.24, 2.45) is 0 Å². The lowest BCUT2D eigenvalue weighted by molar-refractivity contribution is 0.0538. The van der Waals surface area contributed by atoms with Crippen LogP contribution >= 0.6 is 11.6 Å². The van der Waals surface area contributed by atoms with E-state index < -0.39 is 0 Å². The van der Waals surface area contributed by atoms with E-state index in [1.807, 2.05) is 13.0 Å². The Morgan fingerprint density at radius 2 is 2.23 bits per heavy atom. The van der Waals surface area contributed by atoms with Crippen LogP contribution < -0.4 is 5.48 Å². The first-order valence-corrected chi connectivity index (χ1v) is 4.12. The zero-order valence-corrected chi connectivity index (χ0v) is 8.18. The minimum absolute atomic E-state index is 0.340. The van der Waals surface area contributed by atoms with Crippen LogP contribution in [-0.4, -0.2) is 13.0 Å². The number of carbonyl (C=O) groups is 1. The Morgan fingerprint density at radius 1 is 1.54 bits per heavy atom. The number of rotatable bonds is 2. The topological polar surface area (TPSA) is 38.3 Å². The summed E-state index contributed by atoms with van der Waals surface area (Å²) < 4.78 is 0. The van der Waals surface area contributed by atoms with Crippen LogP contribution in [0.15, 0.2) is 18.2 Å². The molecule has 0 heterocycles. The van der Waals surface area contributed by atoms with E-state index in [2.05, 4.69) is 10.3 Å². The highest BCUT2D eigenvalue weighted by molar-refractivity contribution is 6.33. The molecule has 0 spiro atoms. The van der Waals surface area contributed by atoms with Crippen molar-refractivity contribution >= 4 is 17.5 Å². The maximum atomic E-state index is 11.3. The Balaban J connectivity index is 2.95. The van der Waals surface area contributed by atoms with Crippen molar-refractivity contribution in [1.29, 1.82) is 0 Å². The van der Waals surface area contributed by atoms with Gasteiger partial charge in [0.25, 0.3) is 5.91 Å². The van der Waals surface area contributed by atoms with Crippen molar-refractivity contribution < 1.29 is 9.63 Å². The fourth-order valence-electron chi connectivity index (χ4n) is 0.952. The molecule has 0 aliphatic rings. The largest absolute Gasteiger partial charge is 0.277 e. The standard InChI is InChI=1S/C9H10ClNO2/c1-6-3-4-7(8(10)5-6)9(12)11-13-2/h3-5H,1-2H3,(H,11,12). The van der Waals surface area contributed by atoms with Crippen molar-refractivity contribution in [2.75, 3.05) is 7.11 Å². The number of carbonyl (C=O) groups excluding carboxylic acids is 1. The molecule has 70 valence electrons. The summed E-state index contributed by atoms with van der Waals surface area (Å²) in [6, 6.07) is 5.20. The van der Waals surface area contributed by atoms with Crippen LogP contribution in [0.2, 0.25) is 5.02 Å². The van der Waals surface area contributed by atoms with Crippen LogP contribution in [-0.2, 0) is 4.84 Å². The van der Waals surface area contributed by atoms with E-state index in [0.717, 1.165) is 5.56 Å². The molecule has 0 aliphatic carbocycles. The third-order valence-electron chi connectivity index (χ3n) is 1.56. The van der Waals surface area contributed by atoms with Gasteiger partial charge in [0, 0.05) is 0 Å². The van der Waals surface area contributed by atoms with E-state index in [0.29, 0.717) is 10.6 Å². The molecule has 1 rings (SSSR count). The number of hydroxylamine groups is 1. The zero-order valence-electron chi connectivity index (χ0n) is 7.43. The van der Waals surface area contributed by atoms with Gasteiger partial charge in [-0.2, -0.15) is 0 Å². The molecule has 0 bridgehead atoms. The van der Waals surface area contributed by atoms with Crippen LogP contribution in [0.5, 0.6) is 0 Å². The molecule has 0 aromatic heterocycles. The second kappa shape index (κ2) is 4.25. The lowest BCUT2D eigenvalue weighted by Crippen LogP contribution is -2.22. The third-order valence-corrected chi connectivity index (χ3v) is 1.88. The molecule has 0 aliphatic heterocycles. The van der Waals surface area contributed by atoms with Crippen LogP contribution in [0.3, 0.4) is 0 Å². The first-order chi connectivity index (χ1) is 6.15. The predicted octanol–water partition coefficient (Wildman–Crippen LogP) is 1.94. The van der Waals surface area contributed by atoms with E-state index in [1.54, 1.807) is 12.1 Å². The molecule has 13 heavy (non-hydrogen) atoms. The van der Waals surface area contributed by atoms with Crippen LogP contribution in [0, 0.1) is 6.92 Å². The first-order valence-electron chi connectivity index (χ1n) is 3.74. The van der Waals surface area contributed by atoms with Gasteiger partial charge in [0.1, 0.15) is 0 Å². The monoisotopic (exact) mass is 199 g/mol. The summed E-state index contributed by atoms with van der Waals surface area (Å²) in [6.45, 7) is 1.91. The highest BCUT2D eigenvalue weighted by Gasteiger charge is 2.08. The lowest BCUT2D eigenvalue weighted by atomic mass is 10.1. The smallest absolute Gasteiger partial charge is 0.276 e. The number of halogens is 1. The van der Waals surface area contributed by atoms with Gasteiger partial charge in [-0.05, 0) is 24.6 Å². The molecule has 4 heteroatoms. The van der Waals surface area contributed by atoms with E-state index >= 15 is 0 Å². The molecule has 0 atom stereocenters. The lowest BCUT2D eigenvalue weighted by Gasteiger charge is -2.04. The van der Waals surface area contributed by atoms with E-state index in [9.17, 15) is 4.79 Å². The van der Waals surface area contributed by atoms with Gasteiger partial charge in [-0.1, -0.05) is 17.7 Å². The van der Waals surface area contributed by atoms with E-state index in [4.69, 9.17) is 11.6 Å². The second-order valence-electron chi connectivity index (χ2n) is 2.62. The number of hydrogen-bond donors (Lipinski definition) is 1. The molecule has 1 aromatic carbocycles. The van der Waals surface area contributed by atoms with Gasteiger partial charge in [-0.25, -0.2) is 5.48 Å². The molecule has 0 saturated carbocycles. The molecular weight excluding hydrogens is 190 g/mol. The highest BCUT2D eigenvalue weighted by atomic mass is 35.5. The molecule has 1 aromatic rings. The maximum Gasteiger partial charge on any atom is 0.276 e. The molecule has 0 radical (unpaired) electrons. The predicted molar refractivity (Wildman–Crippen MR) is 50.7 cm³/mol. The van der Waals surface area contributed by atoms with Crippen LogP contribution in [0.1, 0.15) is 15.9 Å². The summed E-state index contributed by atoms with van der Waals surface area (Å²) in [5, 5.41) is 0.426. The zero-order chi connectivity index (χ0) is 9.84. The van der Waals surface area contributed by atoms with Crippen molar-refractivity contribution in [3.05, 3.63) is 34.3 Å². The average molecular weight is 200 g/mol. The summed E-state index contributed by atoms with van der Waals surface area (Å²) in [7, 11) is 1.37. The summed E-state index contributed by atoms with van der Waals surface area (Å²) in [4.78, 5) is 15.7. The van der Waals surface area contributed by atoms with Crippen molar-refractivity contribution in [3.8, 4) is 0 Å². The van der Waals surface area contributed by atoms with Gasteiger partial charge in [-0.3, -0.25) is 9.63 Å².